The van der Waals surface area contributed by atoms with Gasteiger partial charge < -0.3 is 10.2 Å². The summed E-state index contributed by atoms with van der Waals surface area (Å²) in [6.07, 6.45) is 7.30. The fourth-order valence-corrected chi connectivity index (χ4v) is 2.94. The molecule has 1 aliphatic heterocycles. The molecule has 0 aromatic carbocycles. The van der Waals surface area contributed by atoms with E-state index in [1.807, 2.05) is 37.5 Å². The maximum absolute atomic E-state index is 12.4. The zero-order valence-corrected chi connectivity index (χ0v) is 13.4. The molecule has 3 rings (SSSR count). The summed E-state index contributed by atoms with van der Waals surface area (Å²) in [5.41, 5.74) is 0.794. The fourth-order valence-electron chi connectivity index (χ4n) is 2.94. The molecule has 1 N–H and O–H groups in total. The zero-order valence-electron chi connectivity index (χ0n) is 13.4. The van der Waals surface area contributed by atoms with Crippen LogP contribution in [0.4, 0.5) is 5.82 Å². The minimum atomic E-state index is -0.191. The average molecular weight is 301 g/mol. The van der Waals surface area contributed by atoms with Gasteiger partial charge in [-0.1, -0.05) is 0 Å². The predicted molar refractivity (Wildman–Crippen MR) is 85.8 cm³/mol. The van der Waals surface area contributed by atoms with Crippen LogP contribution < -0.4 is 10.2 Å². The predicted octanol–water partition coefficient (Wildman–Crippen LogP) is 1.86. The lowest BCUT2D eigenvalue weighted by Gasteiger charge is -2.34. The number of anilines is 1. The van der Waals surface area contributed by atoms with Gasteiger partial charge in [-0.2, -0.15) is 5.10 Å². The highest BCUT2D eigenvalue weighted by molar-refractivity contribution is 5.80. The van der Waals surface area contributed by atoms with Gasteiger partial charge in [-0.15, -0.1) is 0 Å². The number of fused-ring (bicyclic) bond motifs is 1. The molecule has 1 aliphatic rings. The summed E-state index contributed by atoms with van der Waals surface area (Å²) in [6.45, 7) is 7.68. The SMILES string of the molecule is CC(C)(C)NC(=O)C1CCCN(c2nccn3nccc23)C1. The van der Waals surface area contributed by atoms with Crippen LogP contribution in [0.2, 0.25) is 0 Å². The van der Waals surface area contributed by atoms with E-state index in [4.69, 9.17) is 0 Å². The normalized spacial score (nSPS) is 19.4. The van der Waals surface area contributed by atoms with Gasteiger partial charge in [0.2, 0.25) is 5.91 Å². The van der Waals surface area contributed by atoms with E-state index in [-0.39, 0.29) is 17.4 Å². The first-order chi connectivity index (χ1) is 10.4. The molecule has 1 saturated heterocycles. The van der Waals surface area contributed by atoms with Crippen LogP contribution in [0.15, 0.2) is 24.7 Å². The molecule has 2 aromatic heterocycles. The van der Waals surface area contributed by atoms with Gasteiger partial charge >= 0.3 is 0 Å². The number of amides is 1. The van der Waals surface area contributed by atoms with Crippen molar-refractivity contribution in [1.29, 1.82) is 0 Å². The third kappa shape index (κ3) is 3.05. The number of nitrogens with zero attached hydrogens (tertiary/aromatic N) is 4. The monoisotopic (exact) mass is 301 g/mol. The Balaban J connectivity index is 1.78. The van der Waals surface area contributed by atoms with Crippen molar-refractivity contribution in [2.75, 3.05) is 18.0 Å². The standard InChI is InChI=1S/C16H23N5O/c1-16(2,3)19-15(22)12-5-4-9-20(11-12)14-13-6-7-18-21(13)10-8-17-14/h6-8,10,12H,4-5,9,11H2,1-3H3,(H,19,22). The van der Waals surface area contributed by atoms with Gasteiger partial charge in [0.05, 0.1) is 12.1 Å². The molecule has 0 spiro atoms. The summed E-state index contributed by atoms with van der Waals surface area (Å²) in [7, 11) is 0. The minimum Gasteiger partial charge on any atom is -0.354 e. The number of hydrogen-bond acceptors (Lipinski definition) is 4. The molecule has 0 bridgehead atoms. The van der Waals surface area contributed by atoms with E-state index in [0.29, 0.717) is 6.54 Å². The summed E-state index contributed by atoms with van der Waals surface area (Å²) in [5, 5.41) is 7.34. The second-order valence-electron chi connectivity index (χ2n) is 6.94. The van der Waals surface area contributed by atoms with Crippen molar-refractivity contribution in [3.63, 3.8) is 0 Å². The van der Waals surface area contributed by atoms with Gasteiger partial charge in [0.15, 0.2) is 5.82 Å². The molecule has 0 radical (unpaired) electrons. The van der Waals surface area contributed by atoms with Crippen molar-refractivity contribution in [2.45, 2.75) is 39.2 Å². The number of piperidine rings is 1. The summed E-state index contributed by atoms with van der Waals surface area (Å²) < 4.78 is 1.82. The molecule has 6 heteroatoms. The van der Waals surface area contributed by atoms with Crippen LogP contribution in [0.1, 0.15) is 33.6 Å². The molecule has 1 atom stereocenters. The lowest BCUT2D eigenvalue weighted by Crippen LogP contribution is -2.48. The van der Waals surface area contributed by atoms with Gasteiger partial charge in [-0.25, -0.2) is 9.50 Å². The molecule has 0 aliphatic carbocycles. The Bertz CT molecular complexity index is 672. The number of carbonyl (C=O) groups excluding carboxylic acids is 1. The molecule has 1 fully saturated rings. The number of rotatable bonds is 2. The van der Waals surface area contributed by atoms with E-state index in [1.54, 1.807) is 12.4 Å². The Morgan fingerprint density at radius 1 is 1.36 bits per heavy atom. The topological polar surface area (TPSA) is 62.5 Å². The zero-order chi connectivity index (χ0) is 15.7. The Hall–Kier alpha value is -2.11. The Morgan fingerprint density at radius 2 is 2.18 bits per heavy atom. The van der Waals surface area contributed by atoms with Crippen LogP contribution in [0.5, 0.6) is 0 Å². The Labute approximate surface area is 130 Å². The van der Waals surface area contributed by atoms with E-state index in [2.05, 4.69) is 20.3 Å². The summed E-state index contributed by atoms with van der Waals surface area (Å²) in [5.74, 6) is 1.06. The lowest BCUT2D eigenvalue weighted by atomic mass is 9.95. The second-order valence-corrected chi connectivity index (χ2v) is 6.94. The molecule has 6 nitrogen and oxygen atoms in total. The van der Waals surface area contributed by atoms with E-state index >= 15 is 0 Å². The van der Waals surface area contributed by atoms with E-state index < -0.39 is 0 Å². The van der Waals surface area contributed by atoms with Crippen molar-refractivity contribution in [2.24, 2.45) is 5.92 Å². The van der Waals surface area contributed by atoms with E-state index in [9.17, 15) is 4.79 Å². The lowest BCUT2D eigenvalue weighted by molar-refractivity contribution is -0.126. The maximum Gasteiger partial charge on any atom is 0.225 e. The van der Waals surface area contributed by atoms with Crippen LogP contribution in [0, 0.1) is 5.92 Å². The molecule has 1 unspecified atom stereocenters. The van der Waals surface area contributed by atoms with Crippen LogP contribution >= 0.6 is 0 Å². The van der Waals surface area contributed by atoms with Gasteiger partial charge in [-0.3, -0.25) is 4.79 Å². The highest BCUT2D eigenvalue weighted by Crippen LogP contribution is 2.25. The Morgan fingerprint density at radius 3 is 2.95 bits per heavy atom. The molecular formula is C16H23N5O. The molecule has 0 saturated carbocycles. The minimum absolute atomic E-state index is 0.0120. The van der Waals surface area contributed by atoms with Crippen molar-refractivity contribution in [1.82, 2.24) is 19.9 Å². The number of hydrogen-bond donors (Lipinski definition) is 1. The number of carbonyl (C=O) groups is 1. The first-order valence-electron chi connectivity index (χ1n) is 7.79. The molecule has 3 heterocycles. The maximum atomic E-state index is 12.4. The third-order valence-corrected chi connectivity index (χ3v) is 3.89. The number of aromatic nitrogens is 3. The van der Waals surface area contributed by atoms with Crippen LogP contribution in [0.3, 0.4) is 0 Å². The van der Waals surface area contributed by atoms with Crippen molar-refractivity contribution in [3.05, 3.63) is 24.7 Å². The summed E-state index contributed by atoms with van der Waals surface area (Å²) in [4.78, 5) is 19.1. The van der Waals surface area contributed by atoms with Crippen molar-refractivity contribution < 1.29 is 4.79 Å². The smallest absolute Gasteiger partial charge is 0.225 e. The fraction of sp³-hybridized carbons (Fsp3) is 0.562. The molecular weight excluding hydrogens is 278 g/mol. The van der Waals surface area contributed by atoms with Gasteiger partial charge in [0.25, 0.3) is 0 Å². The van der Waals surface area contributed by atoms with Gasteiger partial charge in [-0.05, 0) is 39.7 Å². The van der Waals surface area contributed by atoms with Crippen LogP contribution in [0.25, 0.3) is 5.52 Å². The van der Waals surface area contributed by atoms with Crippen molar-refractivity contribution >= 4 is 17.2 Å². The summed E-state index contributed by atoms with van der Waals surface area (Å²) in [6, 6.07) is 1.96. The highest BCUT2D eigenvalue weighted by atomic mass is 16.2. The third-order valence-electron chi connectivity index (χ3n) is 3.89. The van der Waals surface area contributed by atoms with Crippen molar-refractivity contribution in [3.8, 4) is 0 Å². The van der Waals surface area contributed by atoms with Gasteiger partial charge in [0, 0.05) is 31.0 Å². The van der Waals surface area contributed by atoms with E-state index in [0.717, 1.165) is 30.7 Å². The van der Waals surface area contributed by atoms with E-state index in [1.165, 1.54) is 0 Å². The molecule has 1 amide bonds. The quantitative estimate of drug-likeness (QED) is 0.919. The van der Waals surface area contributed by atoms with Crippen LogP contribution in [-0.4, -0.2) is 39.1 Å². The summed E-state index contributed by atoms with van der Waals surface area (Å²) >= 11 is 0. The largest absolute Gasteiger partial charge is 0.354 e. The first kappa shape index (κ1) is 14.8. The first-order valence-corrected chi connectivity index (χ1v) is 7.79. The number of nitrogens with one attached hydrogen (secondary N) is 1. The molecule has 22 heavy (non-hydrogen) atoms. The van der Waals surface area contributed by atoms with Crippen LogP contribution in [-0.2, 0) is 4.79 Å². The highest BCUT2D eigenvalue weighted by Gasteiger charge is 2.29. The Kier molecular flexibility index (Phi) is 3.76. The van der Waals surface area contributed by atoms with Gasteiger partial charge in [0.1, 0.15) is 5.52 Å². The molecule has 118 valence electrons. The molecule has 2 aromatic rings. The average Bonchev–Trinajstić information content (AvgIpc) is 2.94. The second kappa shape index (κ2) is 5.59.